The molecule has 0 spiro atoms. The number of amides is 1. The summed E-state index contributed by atoms with van der Waals surface area (Å²) >= 11 is 0. The highest BCUT2D eigenvalue weighted by Crippen LogP contribution is 2.44. The van der Waals surface area contributed by atoms with Gasteiger partial charge >= 0.3 is 5.97 Å². The van der Waals surface area contributed by atoms with E-state index in [0.29, 0.717) is 5.69 Å². The van der Waals surface area contributed by atoms with E-state index in [1.54, 1.807) is 31.2 Å². The fourth-order valence-corrected chi connectivity index (χ4v) is 4.95. The number of carbonyl (C=O) groups is 3. The molecule has 3 aromatic carbocycles. The molecule has 2 N–H and O–H groups in total. The predicted octanol–water partition coefficient (Wildman–Crippen LogP) is 5.34. The summed E-state index contributed by atoms with van der Waals surface area (Å²) in [4.78, 5) is 39.0. The first kappa shape index (κ1) is 26.3. The second kappa shape index (κ2) is 11.5. The minimum Gasteiger partial charge on any atom is -0.464 e. The lowest BCUT2D eigenvalue weighted by molar-refractivity contribution is -0.154. The van der Waals surface area contributed by atoms with E-state index >= 15 is 0 Å². The molecular formula is C31H33NO5. The zero-order valence-electron chi connectivity index (χ0n) is 21.4. The highest BCUT2D eigenvalue weighted by atomic mass is 16.5. The molecule has 37 heavy (non-hydrogen) atoms. The molecular weight excluding hydrogens is 466 g/mol. The number of nitrogens with one attached hydrogen (secondary N) is 1. The molecule has 0 aliphatic heterocycles. The molecule has 0 saturated carbocycles. The van der Waals surface area contributed by atoms with Crippen molar-refractivity contribution in [1.29, 1.82) is 0 Å². The fraction of sp³-hybridized carbons (Fsp3) is 0.323. The van der Waals surface area contributed by atoms with Gasteiger partial charge in [-0.05, 0) is 45.9 Å². The Balaban J connectivity index is 1.39. The first-order valence-electron chi connectivity index (χ1n) is 12.7. The van der Waals surface area contributed by atoms with Gasteiger partial charge in [-0.25, -0.2) is 0 Å². The number of aliphatic hydroxyl groups is 1. The van der Waals surface area contributed by atoms with E-state index in [9.17, 15) is 14.4 Å². The average molecular weight is 500 g/mol. The SMILES string of the molecule is CC(C)[C@@H](C(=O)C[C@@H](C)C(=O)Nc1ccc(CO)cc1)C(=O)OCC1c2ccccc2-c2ccccc21. The molecule has 6 heteroatoms. The monoisotopic (exact) mass is 499 g/mol. The Morgan fingerprint density at radius 1 is 0.865 bits per heavy atom. The summed E-state index contributed by atoms with van der Waals surface area (Å²) in [5, 5.41) is 12.0. The molecule has 1 amide bonds. The Bertz CT molecular complexity index is 1240. The molecule has 0 heterocycles. The van der Waals surface area contributed by atoms with Gasteiger partial charge in [0.05, 0.1) is 6.61 Å². The summed E-state index contributed by atoms with van der Waals surface area (Å²) in [5.41, 5.74) is 5.83. The Kier molecular flexibility index (Phi) is 8.19. The van der Waals surface area contributed by atoms with Crippen molar-refractivity contribution in [3.8, 4) is 11.1 Å². The minimum absolute atomic E-state index is 0.0619. The molecule has 2 atom stereocenters. The summed E-state index contributed by atoms with van der Waals surface area (Å²) in [6, 6.07) is 23.0. The predicted molar refractivity (Wildman–Crippen MR) is 143 cm³/mol. The minimum atomic E-state index is -0.939. The summed E-state index contributed by atoms with van der Waals surface area (Å²) in [6.07, 6.45) is -0.0619. The lowest BCUT2D eigenvalue weighted by Crippen LogP contribution is -2.34. The number of ether oxygens (including phenoxy) is 1. The van der Waals surface area contributed by atoms with Gasteiger partial charge < -0.3 is 15.2 Å². The van der Waals surface area contributed by atoms with Crippen molar-refractivity contribution in [2.45, 2.75) is 39.7 Å². The number of fused-ring (bicyclic) bond motifs is 3. The maximum absolute atomic E-state index is 13.2. The van der Waals surface area contributed by atoms with Crippen LogP contribution in [0.25, 0.3) is 11.1 Å². The molecule has 1 aliphatic rings. The average Bonchev–Trinajstić information content (AvgIpc) is 3.21. The van der Waals surface area contributed by atoms with Crippen molar-refractivity contribution in [2.24, 2.45) is 17.8 Å². The third kappa shape index (κ3) is 5.81. The van der Waals surface area contributed by atoms with Gasteiger partial charge in [-0.3, -0.25) is 14.4 Å². The van der Waals surface area contributed by atoms with E-state index in [1.807, 2.05) is 38.1 Å². The molecule has 1 aliphatic carbocycles. The van der Waals surface area contributed by atoms with Crippen LogP contribution in [0, 0.1) is 17.8 Å². The van der Waals surface area contributed by atoms with Gasteiger partial charge in [-0.2, -0.15) is 0 Å². The number of hydrogen-bond acceptors (Lipinski definition) is 5. The van der Waals surface area contributed by atoms with Crippen LogP contribution in [0.1, 0.15) is 49.8 Å². The zero-order chi connectivity index (χ0) is 26.5. The van der Waals surface area contributed by atoms with Gasteiger partial charge in [-0.1, -0.05) is 81.4 Å². The van der Waals surface area contributed by atoms with E-state index in [0.717, 1.165) is 27.8 Å². The summed E-state index contributed by atoms with van der Waals surface area (Å²) in [5.74, 6) is -3.05. The summed E-state index contributed by atoms with van der Waals surface area (Å²) < 4.78 is 5.76. The standard InChI is InChI=1S/C31H33NO5/c1-19(2)29(28(34)16-20(3)30(35)32-22-14-12-21(17-33)13-15-22)31(36)37-18-27-25-10-6-4-8-23(25)24-9-5-7-11-26(24)27/h4-15,19-20,27,29,33H,16-18H2,1-3H3,(H,32,35)/t20-,29+/m1/s1. The fourth-order valence-electron chi connectivity index (χ4n) is 4.95. The first-order chi connectivity index (χ1) is 17.8. The van der Waals surface area contributed by atoms with Crippen LogP contribution in [0.3, 0.4) is 0 Å². The van der Waals surface area contributed by atoms with Gasteiger partial charge in [0.1, 0.15) is 18.3 Å². The number of hydrogen-bond donors (Lipinski definition) is 2. The quantitative estimate of drug-likeness (QED) is 0.290. The number of ketones is 1. The number of carbonyl (C=O) groups excluding carboxylic acids is 3. The van der Waals surface area contributed by atoms with Crippen LogP contribution in [0.15, 0.2) is 72.8 Å². The van der Waals surface area contributed by atoms with Crippen LogP contribution in [0.4, 0.5) is 5.69 Å². The number of benzene rings is 3. The van der Waals surface area contributed by atoms with Crippen molar-refractivity contribution in [3.63, 3.8) is 0 Å². The van der Waals surface area contributed by atoms with Crippen molar-refractivity contribution in [2.75, 3.05) is 11.9 Å². The van der Waals surface area contributed by atoms with Crippen LogP contribution in [-0.2, 0) is 25.7 Å². The molecule has 4 rings (SSSR count). The van der Waals surface area contributed by atoms with E-state index in [-0.39, 0.29) is 43.2 Å². The van der Waals surface area contributed by atoms with Gasteiger partial charge in [0.2, 0.25) is 5.91 Å². The topological polar surface area (TPSA) is 92.7 Å². The summed E-state index contributed by atoms with van der Waals surface area (Å²) in [7, 11) is 0. The van der Waals surface area contributed by atoms with Crippen molar-refractivity contribution in [1.82, 2.24) is 0 Å². The number of anilines is 1. The molecule has 6 nitrogen and oxygen atoms in total. The Labute approximate surface area is 217 Å². The maximum atomic E-state index is 13.2. The highest BCUT2D eigenvalue weighted by molar-refractivity contribution is 6.02. The van der Waals surface area contributed by atoms with Crippen molar-refractivity contribution < 1.29 is 24.2 Å². The van der Waals surface area contributed by atoms with Crippen LogP contribution in [0.5, 0.6) is 0 Å². The van der Waals surface area contributed by atoms with Gasteiger partial charge in [0, 0.05) is 23.9 Å². The molecule has 0 bridgehead atoms. The first-order valence-corrected chi connectivity index (χ1v) is 12.7. The number of esters is 1. The molecule has 0 unspecified atom stereocenters. The lowest BCUT2D eigenvalue weighted by Gasteiger charge is -2.22. The van der Waals surface area contributed by atoms with Crippen LogP contribution in [0.2, 0.25) is 0 Å². The van der Waals surface area contributed by atoms with Crippen LogP contribution in [-0.4, -0.2) is 29.4 Å². The van der Waals surface area contributed by atoms with Crippen molar-refractivity contribution in [3.05, 3.63) is 89.5 Å². The molecule has 0 fully saturated rings. The van der Waals surface area contributed by atoms with Gasteiger partial charge in [-0.15, -0.1) is 0 Å². The van der Waals surface area contributed by atoms with Crippen molar-refractivity contribution >= 4 is 23.3 Å². The van der Waals surface area contributed by atoms with Crippen LogP contribution >= 0.6 is 0 Å². The van der Waals surface area contributed by atoms with Gasteiger partial charge in [0.15, 0.2) is 0 Å². The third-order valence-corrected chi connectivity index (χ3v) is 6.98. The third-order valence-electron chi connectivity index (χ3n) is 6.98. The second-order valence-corrected chi connectivity index (χ2v) is 9.99. The van der Waals surface area contributed by atoms with E-state index in [2.05, 4.69) is 29.6 Å². The van der Waals surface area contributed by atoms with E-state index in [4.69, 9.17) is 9.84 Å². The molecule has 192 valence electrons. The smallest absolute Gasteiger partial charge is 0.316 e. The zero-order valence-corrected chi connectivity index (χ0v) is 21.4. The molecule has 0 aromatic heterocycles. The molecule has 0 radical (unpaired) electrons. The van der Waals surface area contributed by atoms with Crippen LogP contribution < -0.4 is 5.32 Å². The van der Waals surface area contributed by atoms with Gasteiger partial charge in [0.25, 0.3) is 0 Å². The lowest BCUT2D eigenvalue weighted by atomic mass is 9.87. The Morgan fingerprint density at radius 2 is 1.43 bits per heavy atom. The number of aliphatic hydroxyl groups excluding tert-OH is 1. The molecule has 0 saturated heterocycles. The Morgan fingerprint density at radius 3 is 1.97 bits per heavy atom. The normalized spacial score (nSPS) is 14.0. The number of rotatable bonds is 10. The van der Waals surface area contributed by atoms with E-state index in [1.165, 1.54) is 0 Å². The largest absolute Gasteiger partial charge is 0.464 e. The number of Topliss-reactive ketones (excluding diaryl/α,β-unsaturated/α-hetero) is 1. The molecule has 3 aromatic rings. The second-order valence-electron chi connectivity index (χ2n) is 9.99. The maximum Gasteiger partial charge on any atom is 0.316 e. The Hall–Kier alpha value is -3.77. The summed E-state index contributed by atoms with van der Waals surface area (Å²) in [6.45, 7) is 5.38. The highest BCUT2D eigenvalue weighted by Gasteiger charge is 2.35. The van der Waals surface area contributed by atoms with E-state index < -0.39 is 17.8 Å².